The number of carbonyl (C=O) groups is 1. The van der Waals surface area contributed by atoms with Gasteiger partial charge in [-0.05, 0) is 61.2 Å². The van der Waals surface area contributed by atoms with E-state index in [0.717, 1.165) is 32.5 Å². The molecule has 1 aliphatic heterocycles. The lowest BCUT2D eigenvalue weighted by Crippen LogP contribution is -2.36. The molecule has 2 aliphatic rings. The Kier molecular flexibility index (Phi) is 6.47. The first-order valence-electron chi connectivity index (χ1n) is 9.20. The van der Waals surface area contributed by atoms with Crippen molar-refractivity contribution in [2.45, 2.75) is 37.3 Å². The second-order valence-corrected chi connectivity index (χ2v) is 7.09. The van der Waals surface area contributed by atoms with Gasteiger partial charge in [-0.2, -0.15) is 0 Å². The number of hydrogen-bond donors (Lipinski definition) is 2. The maximum Gasteiger partial charge on any atom is 0.255 e. The van der Waals surface area contributed by atoms with Gasteiger partial charge in [0.15, 0.2) is 0 Å². The Hall–Kier alpha value is -1.95. The summed E-state index contributed by atoms with van der Waals surface area (Å²) in [6.45, 7) is 1.68. The maximum absolute atomic E-state index is 13.0. The van der Waals surface area contributed by atoms with Gasteiger partial charge in [0, 0.05) is 42.5 Å². The van der Waals surface area contributed by atoms with Crippen molar-refractivity contribution in [2.24, 2.45) is 0 Å². The number of rotatable bonds is 5. The summed E-state index contributed by atoms with van der Waals surface area (Å²) in [5.74, 6) is -0.0220. The monoisotopic (exact) mass is 390 g/mol. The van der Waals surface area contributed by atoms with Crippen LogP contribution in [0.5, 0.6) is 0 Å². The van der Waals surface area contributed by atoms with E-state index in [1.807, 2.05) is 18.2 Å². The van der Waals surface area contributed by atoms with Crippen LogP contribution >= 0.6 is 12.4 Å². The highest BCUT2D eigenvalue weighted by molar-refractivity contribution is 6.04. The third-order valence-corrected chi connectivity index (χ3v) is 5.14. The molecule has 0 spiro atoms. The predicted molar refractivity (Wildman–Crippen MR) is 106 cm³/mol. The molecule has 2 aromatic carbocycles. The Balaban J connectivity index is 0.00000210. The Labute approximate surface area is 164 Å². The number of carbonyl (C=O) groups excluding carboxylic acids is 1. The number of nitrogens with one attached hydrogen (secondary N) is 2. The first kappa shape index (κ1) is 19.8. The Morgan fingerprint density at radius 1 is 1.07 bits per heavy atom. The van der Waals surface area contributed by atoms with E-state index in [1.54, 1.807) is 12.1 Å². The van der Waals surface area contributed by atoms with Crippen LogP contribution in [0.2, 0.25) is 0 Å². The van der Waals surface area contributed by atoms with E-state index in [-0.39, 0.29) is 24.1 Å². The van der Waals surface area contributed by atoms with Crippen molar-refractivity contribution < 1.29 is 13.9 Å². The van der Waals surface area contributed by atoms with E-state index < -0.39 is 0 Å². The van der Waals surface area contributed by atoms with E-state index >= 15 is 0 Å². The van der Waals surface area contributed by atoms with E-state index in [1.165, 1.54) is 17.7 Å². The normalized spacial score (nSPS) is 22.0. The molecule has 144 valence electrons. The molecule has 2 atom stereocenters. The second kappa shape index (κ2) is 8.83. The fourth-order valence-electron chi connectivity index (χ4n) is 3.56. The molecule has 2 unspecified atom stereocenters. The van der Waals surface area contributed by atoms with E-state index in [2.05, 4.69) is 16.7 Å². The predicted octanol–water partition coefficient (Wildman–Crippen LogP) is 4.12. The SMILES string of the molecule is Cl.O=C(Nc1ccc(F)cc1)c1cccc(C2CC2NC2CCOCC2)c1. The lowest BCUT2D eigenvalue weighted by Gasteiger charge is -2.23. The van der Waals surface area contributed by atoms with Crippen LogP contribution < -0.4 is 10.6 Å². The summed E-state index contributed by atoms with van der Waals surface area (Å²) in [6.07, 6.45) is 3.26. The van der Waals surface area contributed by atoms with Crippen LogP contribution in [-0.2, 0) is 4.74 Å². The molecule has 1 amide bonds. The van der Waals surface area contributed by atoms with Crippen molar-refractivity contribution in [3.05, 3.63) is 65.5 Å². The van der Waals surface area contributed by atoms with Crippen LogP contribution in [-0.4, -0.2) is 31.2 Å². The Bertz CT molecular complexity index is 778. The van der Waals surface area contributed by atoms with E-state index in [9.17, 15) is 9.18 Å². The quantitative estimate of drug-likeness (QED) is 0.807. The largest absolute Gasteiger partial charge is 0.381 e. The molecule has 1 saturated heterocycles. The van der Waals surface area contributed by atoms with Crippen molar-refractivity contribution >= 4 is 24.0 Å². The highest BCUT2D eigenvalue weighted by atomic mass is 35.5. The third kappa shape index (κ3) is 5.06. The first-order chi connectivity index (χ1) is 12.7. The van der Waals surface area contributed by atoms with Gasteiger partial charge in [-0.15, -0.1) is 12.4 Å². The van der Waals surface area contributed by atoms with Crippen molar-refractivity contribution in [1.82, 2.24) is 5.32 Å². The summed E-state index contributed by atoms with van der Waals surface area (Å²) in [5, 5.41) is 6.53. The van der Waals surface area contributed by atoms with Gasteiger partial charge in [0.05, 0.1) is 0 Å². The summed E-state index contributed by atoms with van der Waals surface area (Å²) in [5.41, 5.74) is 2.41. The summed E-state index contributed by atoms with van der Waals surface area (Å²) in [4.78, 5) is 12.5. The van der Waals surface area contributed by atoms with E-state index in [4.69, 9.17) is 4.74 Å². The van der Waals surface area contributed by atoms with Gasteiger partial charge in [0.1, 0.15) is 5.82 Å². The lowest BCUT2D eigenvalue weighted by atomic mass is 10.1. The van der Waals surface area contributed by atoms with Crippen molar-refractivity contribution in [2.75, 3.05) is 18.5 Å². The van der Waals surface area contributed by atoms with Crippen LogP contribution in [0.4, 0.5) is 10.1 Å². The molecule has 2 N–H and O–H groups in total. The van der Waals surface area contributed by atoms with Crippen LogP contribution in [0, 0.1) is 5.82 Å². The maximum atomic E-state index is 13.0. The van der Waals surface area contributed by atoms with Crippen LogP contribution in [0.15, 0.2) is 48.5 Å². The minimum atomic E-state index is -0.318. The topological polar surface area (TPSA) is 50.4 Å². The summed E-state index contributed by atoms with van der Waals surface area (Å²) >= 11 is 0. The molecule has 27 heavy (non-hydrogen) atoms. The minimum Gasteiger partial charge on any atom is -0.381 e. The standard InChI is InChI=1S/C21H23FN2O2.ClH/c22-16-4-6-17(7-5-16)24-21(25)15-3-1-2-14(12-15)19-13-20(19)23-18-8-10-26-11-9-18;/h1-7,12,18-20,23H,8-11,13H2,(H,24,25);1H. The molecule has 2 aromatic rings. The van der Waals surface area contributed by atoms with Crippen molar-refractivity contribution in [1.29, 1.82) is 0 Å². The van der Waals surface area contributed by atoms with Gasteiger partial charge in [-0.1, -0.05) is 12.1 Å². The van der Waals surface area contributed by atoms with Gasteiger partial charge in [0.2, 0.25) is 0 Å². The third-order valence-electron chi connectivity index (χ3n) is 5.14. The number of hydrogen-bond acceptors (Lipinski definition) is 3. The summed E-state index contributed by atoms with van der Waals surface area (Å²) < 4.78 is 18.4. The zero-order valence-corrected chi connectivity index (χ0v) is 15.8. The highest BCUT2D eigenvalue weighted by Gasteiger charge is 2.39. The van der Waals surface area contributed by atoms with Crippen LogP contribution in [0.25, 0.3) is 0 Å². The average Bonchev–Trinajstić information content (AvgIpc) is 3.44. The molecule has 4 rings (SSSR count). The fourth-order valence-corrected chi connectivity index (χ4v) is 3.56. The Morgan fingerprint density at radius 3 is 2.56 bits per heavy atom. The van der Waals surface area contributed by atoms with Crippen LogP contribution in [0.3, 0.4) is 0 Å². The van der Waals surface area contributed by atoms with Crippen LogP contribution in [0.1, 0.15) is 41.1 Å². The Morgan fingerprint density at radius 2 is 1.81 bits per heavy atom. The summed E-state index contributed by atoms with van der Waals surface area (Å²) in [6, 6.07) is 14.6. The number of halogens is 2. The summed E-state index contributed by atoms with van der Waals surface area (Å²) in [7, 11) is 0. The molecule has 0 bridgehead atoms. The molecule has 0 radical (unpaired) electrons. The molecular weight excluding hydrogens is 367 g/mol. The average molecular weight is 391 g/mol. The van der Waals surface area contributed by atoms with Gasteiger partial charge < -0.3 is 15.4 Å². The van der Waals surface area contributed by atoms with Gasteiger partial charge in [-0.3, -0.25) is 4.79 Å². The molecular formula is C21H24ClFN2O2. The molecule has 4 nitrogen and oxygen atoms in total. The second-order valence-electron chi connectivity index (χ2n) is 7.09. The van der Waals surface area contributed by atoms with Gasteiger partial charge >= 0.3 is 0 Å². The minimum absolute atomic E-state index is 0. The number of ether oxygens (including phenoxy) is 1. The number of amides is 1. The fraction of sp³-hybridized carbons (Fsp3) is 0.381. The van der Waals surface area contributed by atoms with Gasteiger partial charge in [0.25, 0.3) is 5.91 Å². The molecule has 6 heteroatoms. The van der Waals surface area contributed by atoms with Gasteiger partial charge in [-0.25, -0.2) is 4.39 Å². The zero-order valence-electron chi connectivity index (χ0n) is 15.0. The molecule has 0 aromatic heterocycles. The zero-order chi connectivity index (χ0) is 17.9. The number of anilines is 1. The van der Waals surface area contributed by atoms with E-state index in [0.29, 0.717) is 29.3 Å². The highest BCUT2D eigenvalue weighted by Crippen LogP contribution is 2.41. The molecule has 1 aliphatic carbocycles. The molecule has 2 fully saturated rings. The lowest BCUT2D eigenvalue weighted by molar-refractivity contribution is 0.0774. The smallest absolute Gasteiger partial charge is 0.255 e. The molecule has 1 saturated carbocycles. The molecule has 1 heterocycles. The van der Waals surface area contributed by atoms with Crippen molar-refractivity contribution in [3.8, 4) is 0 Å². The van der Waals surface area contributed by atoms with Crippen molar-refractivity contribution in [3.63, 3.8) is 0 Å². The first-order valence-corrected chi connectivity index (χ1v) is 9.20. The number of benzene rings is 2.